The number of piperidine rings is 1. The van der Waals surface area contributed by atoms with E-state index in [0.29, 0.717) is 48.5 Å². The fourth-order valence-corrected chi connectivity index (χ4v) is 6.19. The third-order valence-corrected chi connectivity index (χ3v) is 8.29. The third kappa shape index (κ3) is 6.85. The van der Waals surface area contributed by atoms with Crippen LogP contribution in [0.4, 0.5) is 0 Å². The fraction of sp³-hybridized carbons (Fsp3) is 0.724. The Hall–Kier alpha value is -1.92. The average Bonchev–Trinajstić information content (AvgIpc) is 3.71. The molecule has 6 nitrogen and oxygen atoms in total. The largest absolute Gasteiger partial charge is 0.354 e. The quantitative estimate of drug-likeness (QED) is 0.558. The van der Waals surface area contributed by atoms with E-state index in [0.717, 1.165) is 44.3 Å². The molecule has 3 fully saturated rings. The van der Waals surface area contributed by atoms with Crippen LogP contribution in [0.3, 0.4) is 0 Å². The molecule has 3 unspecified atom stereocenters. The maximum Gasteiger partial charge on any atom is 0.254 e. The number of hydrogen-bond donors (Lipinski definition) is 2. The number of hydrogen-bond acceptors (Lipinski definition) is 4. The van der Waals surface area contributed by atoms with Crippen molar-refractivity contribution in [3.8, 4) is 0 Å². The molecule has 6 heteroatoms. The van der Waals surface area contributed by atoms with Crippen molar-refractivity contribution in [2.24, 2.45) is 23.5 Å². The van der Waals surface area contributed by atoms with Gasteiger partial charge in [0.05, 0.1) is 0 Å². The normalized spacial score (nSPS) is 27.3. The minimum absolute atomic E-state index is 0.0188. The molecule has 2 amide bonds. The van der Waals surface area contributed by atoms with Crippen LogP contribution < -0.4 is 11.1 Å². The van der Waals surface area contributed by atoms with Gasteiger partial charge in [-0.15, -0.1) is 0 Å². The molecular weight excluding hydrogens is 436 g/mol. The van der Waals surface area contributed by atoms with E-state index in [2.05, 4.69) is 24.1 Å². The van der Waals surface area contributed by atoms with Crippen molar-refractivity contribution in [2.75, 3.05) is 26.2 Å². The van der Waals surface area contributed by atoms with E-state index in [9.17, 15) is 9.59 Å². The number of nitrogens with two attached hydrogens (primary N) is 1. The van der Waals surface area contributed by atoms with Gasteiger partial charge in [-0.05, 0) is 88.3 Å². The molecular formula is C29H46N4O2. The van der Waals surface area contributed by atoms with E-state index < -0.39 is 6.04 Å². The Bertz CT molecular complexity index is 851. The Morgan fingerprint density at radius 1 is 1.03 bits per heavy atom. The highest BCUT2D eigenvalue weighted by Gasteiger charge is 2.42. The smallest absolute Gasteiger partial charge is 0.254 e. The van der Waals surface area contributed by atoms with Crippen LogP contribution in [-0.4, -0.2) is 65.9 Å². The summed E-state index contributed by atoms with van der Waals surface area (Å²) in [4.78, 5) is 31.6. The lowest BCUT2D eigenvalue weighted by Crippen LogP contribution is -2.58. The number of nitrogens with one attached hydrogen (secondary N) is 1. The van der Waals surface area contributed by atoms with Gasteiger partial charge in [0.2, 0.25) is 5.91 Å². The van der Waals surface area contributed by atoms with Gasteiger partial charge < -0.3 is 16.0 Å². The van der Waals surface area contributed by atoms with Crippen LogP contribution in [0.15, 0.2) is 24.3 Å². The van der Waals surface area contributed by atoms with Gasteiger partial charge >= 0.3 is 0 Å². The molecule has 1 aromatic carbocycles. The molecule has 4 atom stereocenters. The van der Waals surface area contributed by atoms with Crippen molar-refractivity contribution < 1.29 is 9.59 Å². The first-order valence-electron chi connectivity index (χ1n) is 14.0. The van der Waals surface area contributed by atoms with Gasteiger partial charge in [0, 0.05) is 37.3 Å². The average molecular weight is 483 g/mol. The van der Waals surface area contributed by atoms with Crippen LogP contribution in [0.2, 0.25) is 0 Å². The summed E-state index contributed by atoms with van der Waals surface area (Å²) >= 11 is 0. The van der Waals surface area contributed by atoms with Gasteiger partial charge in [0.15, 0.2) is 0 Å². The predicted molar refractivity (Wildman–Crippen MR) is 141 cm³/mol. The summed E-state index contributed by atoms with van der Waals surface area (Å²) < 4.78 is 0. The van der Waals surface area contributed by atoms with Crippen molar-refractivity contribution in [3.63, 3.8) is 0 Å². The Balaban J connectivity index is 1.47. The van der Waals surface area contributed by atoms with Crippen molar-refractivity contribution in [2.45, 2.75) is 90.3 Å². The topological polar surface area (TPSA) is 78.7 Å². The molecule has 0 aromatic heterocycles. The first-order chi connectivity index (χ1) is 16.9. The van der Waals surface area contributed by atoms with Crippen LogP contribution in [-0.2, 0) is 4.79 Å². The standard InChI is InChI=1S/C29H46N4O2/c1-20(2)19-33(25-11-12-25)26-13-14-32(29(35)24-9-7-21(3)8-10-24)27(16-26)28(34)31-18-23-6-4-5-22(15-23)17-30/h7-10,20,22-23,25-27H,4-6,11-19,30H2,1-3H3,(H,31,34)/t22?,23?,26?,27-/m1/s1. The number of carbonyl (C=O) groups is 2. The van der Waals surface area contributed by atoms with Crippen LogP contribution in [0.5, 0.6) is 0 Å². The maximum absolute atomic E-state index is 13.6. The minimum atomic E-state index is -0.412. The molecule has 3 aliphatic rings. The van der Waals surface area contributed by atoms with Gasteiger partial charge in [0.1, 0.15) is 6.04 Å². The molecule has 4 rings (SSSR count). The highest BCUT2D eigenvalue weighted by molar-refractivity contribution is 5.97. The summed E-state index contributed by atoms with van der Waals surface area (Å²) in [5.41, 5.74) is 7.73. The molecule has 2 aliphatic carbocycles. The monoisotopic (exact) mass is 482 g/mol. The highest BCUT2D eigenvalue weighted by Crippen LogP contribution is 2.34. The molecule has 1 aliphatic heterocycles. The molecule has 0 radical (unpaired) electrons. The number of likely N-dealkylation sites (tertiary alicyclic amines) is 1. The molecule has 0 spiro atoms. The van der Waals surface area contributed by atoms with E-state index in [4.69, 9.17) is 5.73 Å². The Morgan fingerprint density at radius 2 is 1.74 bits per heavy atom. The fourth-order valence-electron chi connectivity index (χ4n) is 6.19. The Labute approximate surface area is 212 Å². The second-order valence-electron chi connectivity index (χ2n) is 11.8. The summed E-state index contributed by atoms with van der Waals surface area (Å²) in [6.45, 7) is 9.70. The maximum atomic E-state index is 13.6. The van der Waals surface area contributed by atoms with Gasteiger partial charge in [0.25, 0.3) is 5.91 Å². The first-order valence-corrected chi connectivity index (χ1v) is 14.0. The molecule has 1 aromatic rings. The van der Waals surface area contributed by atoms with E-state index in [-0.39, 0.29) is 11.8 Å². The second kappa shape index (κ2) is 11.9. The van der Waals surface area contributed by atoms with Crippen molar-refractivity contribution in [3.05, 3.63) is 35.4 Å². The summed E-state index contributed by atoms with van der Waals surface area (Å²) in [5, 5.41) is 3.27. The molecule has 194 valence electrons. The van der Waals surface area contributed by atoms with Crippen molar-refractivity contribution in [1.29, 1.82) is 0 Å². The lowest BCUT2D eigenvalue weighted by molar-refractivity contribution is -0.128. The second-order valence-corrected chi connectivity index (χ2v) is 11.8. The van der Waals surface area contributed by atoms with Crippen LogP contribution in [0.1, 0.15) is 81.1 Å². The summed E-state index contributed by atoms with van der Waals surface area (Å²) in [6, 6.07) is 8.34. The highest BCUT2D eigenvalue weighted by atomic mass is 16.2. The van der Waals surface area contributed by atoms with E-state index in [1.807, 2.05) is 36.1 Å². The molecule has 1 heterocycles. The first kappa shape index (κ1) is 26.2. The van der Waals surface area contributed by atoms with Crippen molar-refractivity contribution >= 4 is 11.8 Å². The molecule has 2 saturated carbocycles. The Morgan fingerprint density at radius 3 is 2.40 bits per heavy atom. The number of carbonyl (C=O) groups excluding carboxylic acids is 2. The lowest BCUT2D eigenvalue weighted by atomic mass is 9.81. The zero-order valence-corrected chi connectivity index (χ0v) is 22.0. The zero-order valence-electron chi connectivity index (χ0n) is 22.0. The summed E-state index contributed by atoms with van der Waals surface area (Å²) in [6.07, 6.45) is 8.83. The minimum Gasteiger partial charge on any atom is -0.354 e. The molecule has 3 N–H and O–H groups in total. The van der Waals surface area contributed by atoms with E-state index >= 15 is 0 Å². The summed E-state index contributed by atoms with van der Waals surface area (Å²) in [5.74, 6) is 1.66. The van der Waals surface area contributed by atoms with Crippen LogP contribution >= 0.6 is 0 Å². The van der Waals surface area contributed by atoms with Gasteiger partial charge in [-0.25, -0.2) is 0 Å². The Kier molecular flexibility index (Phi) is 8.87. The van der Waals surface area contributed by atoms with E-state index in [1.54, 1.807) is 0 Å². The van der Waals surface area contributed by atoms with Gasteiger partial charge in [-0.2, -0.15) is 0 Å². The summed E-state index contributed by atoms with van der Waals surface area (Å²) in [7, 11) is 0. The molecule has 0 bridgehead atoms. The SMILES string of the molecule is Cc1ccc(C(=O)N2CCC(N(CC(C)C)C3CC3)C[C@@H]2C(=O)NCC2CCCC(CN)C2)cc1. The van der Waals surface area contributed by atoms with E-state index in [1.165, 1.54) is 25.7 Å². The predicted octanol–water partition coefficient (Wildman–Crippen LogP) is 3.97. The lowest BCUT2D eigenvalue weighted by Gasteiger charge is -2.43. The number of amides is 2. The molecule has 1 saturated heterocycles. The van der Waals surface area contributed by atoms with Crippen molar-refractivity contribution in [1.82, 2.24) is 15.1 Å². The third-order valence-electron chi connectivity index (χ3n) is 8.29. The number of nitrogens with zero attached hydrogens (tertiary/aromatic N) is 2. The van der Waals surface area contributed by atoms with Crippen LogP contribution in [0, 0.1) is 24.7 Å². The number of benzene rings is 1. The van der Waals surface area contributed by atoms with Gasteiger partial charge in [-0.1, -0.05) is 38.0 Å². The van der Waals surface area contributed by atoms with Gasteiger partial charge in [-0.3, -0.25) is 14.5 Å². The molecule has 35 heavy (non-hydrogen) atoms. The number of rotatable bonds is 9. The number of aryl methyl sites for hydroxylation is 1. The van der Waals surface area contributed by atoms with Crippen LogP contribution in [0.25, 0.3) is 0 Å². The zero-order chi connectivity index (χ0) is 24.9.